The molecule has 692 valence electrons. The lowest BCUT2D eigenvalue weighted by atomic mass is 9.98. The van der Waals surface area contributed by atoms with Gasteiger partial charge in [0, 0.05) is 139 Å². The second-order valence-electron chi connectivity index (χ2n) is 31.7. The number of hydrogen-bond acceptors (Lipinski definition) is 35. The minimum absolute atomic E-state index is 0.0505. The summed E-state index contributed by atoms with van der Waals surface area (Å²) in [6.45, 7) is 17.2. The summed E-state index contributed by atoms with van der Waals surface area (Å²) < 4.78 is 118. The Labute approximate surface area is 750 Å². The number of fused-ring (bicyclic) bond motifs is 8. The zero-order chi connectivity index (χ0) is 94.4. The van der Waals surface area contributed by atoms with Crippen LogP contribution in [0.25, 0.3) is 90.9 Å². The van der Waals surface area contributed by atoms with Gasteiger partial charge < -0.3 is 105 Å². The standard InChI is InChI=1S/C94H98N4O33/c1-46(99)113-43-74-82(116-49(4)102)85(119-52(7)105)88(122-55(10)108)91(128-74)125-61-28-22-58(23-29-61)78-65-34-36-67(95-65)79(59-24-30-62(31-25-59)126-92-89(123-56(11)109)86(120-53(8)106)83(117-50(5)103)75(129-92)44-114-47(2)100)69-38-40-71(97-69)81(64-19-16-17-20-73(64)112-42-18-21-77(111)131-94(13,14)15)72-41-39-70(98-72)80(68-37-35-66(78)96-68)60-26-32-63(33-27-60)127-93-90(124-57(12)110)87(121-54(9)107)84(118-51(6)104)76(130-93)45-115-48(3)101/h16-17,19-20,22-41,74-76,82-93,95,98H,18,21,42-45H2,1-15H3/t74-,75-,76-,82-,83-,84-,85+,86+,87+,88-,89-,90-,91-,92-,93-/m1/s1. The van der Waals surface area contributed by atoms with E-state index in [1.54, 1.807) is 118 Å². The molecule has 3 fully saturated rings. The average molecular weight is 1810 g/mol. The van der Waals surface area contributed by atoms with Crippen LogP contribution in [0.15, 0.2) is 121 Å². The van der Waals surface area contributed by atoms with Crippen molar-refractivity contribution in [3.8, 4) is 67.5 Å². The summed E-state index contributed by atoms with van der Waals surface area (Å²) in [5.41, 5.74) is 6.80. The Kier molecular flexibility index (Phi) is 30.9. The van der Waals surface area contributed by atoms with Crippen molar-refractivity contribution in [1.29, 1.82) is 0 Å². The molecule has 7 aromatic rings. The van der Waals surface area contributed by atoms with Gasteiger partial charge in [-0.15, -0.1) is 0 Å². The van der Waals surface area contributed by atoms with Gasteiger partial charge in [0.2, 0.25) is 37.2 Å². The average Bonchev–Trinajstić information content (AvgIpc) is 1.59. The summed E-state index contributed by atoms with van der Waals surface area (Å²) in [4.78, 5) is 184. The summed E-state index contributed by atoms with van der Waals surface area (Å²) in [5, 5.41) is 0. The lowest BCUT2D eigenvalue weighted by molar-refractivity contribution is -0.288. The van der Waals surface area contributed by atoms with E-state index in [9.17, 15) is 62.3 Å². The molecule has 15 atom stereocenters. The Hall–Kier alpha value is -14.3. The molecule has 5 aliphatic rings. The van der Waals surface area contributed by atoms with Gasteiger partial charge in [-0.25, -0.2) is 9.97 Å². The van der Waals surface area contributed by atoms with Crippen molar-refractivity contribution in [2.24, 2.45) is 0 Å². The number of H-pyrrole nitrogens is 2. The van der Waals surface area contributed by atoms with E-state index in [1.165, 1.54) is 0 Å². The number of nitrogens with one attached hydrogen (secondary N) is 2. The highest BCUT2D eigenvalue weighted by atomic mass is 16.8. The van der Waals surface area contributed by atoms with Gasteiger partial charge in [-0.1, -0.05) is 54.6 Å². The molecule has 8 heterocycles. The smallest absolute Gasteiger partial charge is 0.306 e. The molecule has 3 aromatic heterocycles. The maximum absolute atomic E-state index is 13.0. The highest BCUT2D eigenvalue weighted by Gasteiger charge is 2.57. The number of ether oxygens (including phenoxy) is 20. The first kappa shape index (κ1) is 95.8. The van der Waals surface area contributed by atoms with Crippen LogP contribution in [0.1, 0.15) is 139 Å². The van der Waals surface area contributed by atoms with Crippen molar-refractivity contribution in [1.82, 2.24) is 19.9 Å². The molecular formula is C94H98N4O33. The van der Waals surface area contributed by atoms with Crippen LogP contribution in [-0.2, 0) is 138 Å². The number of rotatable bonds is 30. The first-order valence-electron chi connectivity index (χ1n) is 41.6. The number of carbonyl (C=O) groups is 13. The molecule has 0 radical (unpaired) electrons. The lowest BCUT2D eigenvalue weighted by Gasteiger charge is -2.43. The fourth-order valence-electron chi connectivity index (χ4n) is 15.3. The predicted octanol–water partition coefficient (Wildman–Crippen LogP) is 11.2. The summed E-state index contributed by atoms with van der Waals surface area (Å²) in [6, 6.07) is 34.5. The van der Waals surface area contributed by atoms with Crippen LogP contribution in [0.4, 0.5) is 0 Å². The van der Waals surface area contributed by atoms with E-state index < -0.39 is 195 Å². The molecule has 0 saturated carbocycles. The zero-order valence-corrected chi connectivity index (χ0v) is 74.1. The van der Waals surface area contributed by atoms with E-state index >= 15 is 0 Å². The number of benzene rings is 4. The number of aromatic nitrogens is 4. The highest BCUT2D eigenvalue weighted by molar-refractivity contribution is 6.01. The van der Waals surface area contributed by atoms with Gasteiger partial charge in [-0.05, 0) is 135 Å². The van der Waals surface area contributed by atoms with E-state index in [0.29, 0.717) is 95.1 Å². The van der Waals surface area contributed by atoms with Gasteiger partial charge in [0.15, 0.2) is 36.6 Å². The third-order valence-electron chi connectivity index (χ3n) is 20.1. The first-order chi connectivity index (χ1) is 62.3. The molecule has 5 aliphatic heterocycles. The first-order valence-corrected chi connectivity index (χ1v) is 41.6. The normalized spacial score (nSPS) is 21.9. The number of hydrogen-bond donors (Lipinski definition) is 2. The van der Waals surface area contributed by atoms with Crippen LogP contribution in [0, 0.1) is 0 Å². The van der Waals surface area contributed by atoms with Crippen molar-refractivity contribution in [3.63, 3.8) is 0 Å². The fourth-order valence-corrected chi connectivity index (χ4v) is 15.3. The maximum Gasteiger partial charge on any atom is 0.306 e. The largest absolute Gasteiger partial charge is 0.493 e. The molecule has 0 unspecified atom stereocenters. The number of aromatic amines is 2. The molecular weight excluding hydrogens is 1710 g/mol. The molecule has 4 aromatic carbocycles. The van der Waals surface area contributed by atoms with Gasteiger partial charge in [0.25, 0.3) is 0 Å². The van der Waals surface area contributed by atoms with Crippen molar-refractivity contribution in [2.45, 2.75) is 214 Å². The number of esters is 13. The third kappa shape index (κ3) is 24.8. The summed E-state index contributed by atoms with van der Waals surface area (Å²) >= 11 is 0. The molecule has 37 nitrogen and oxygen atoms in total. The minimum Gasteiger partial charge on any atom is -0.493 e. The van der Waals surface area contributed by atoms with Crippen LogP contribution < -0.4 is 18.9 Å². The Morgan fingerprint density at radius 2 is 0.603 bits per heavy atom. The van der Waals surface area contributed by atoms with E-state index in [1.807, 2.05) is 48.6 Å². The van der Waals surface area contributed by atoms with E-state index in [4.69, 9.17) is 105 Å². The lowest BCUT2D eigenvalue weighted by Crippen LogP contribution is -2.63. The van der Waals surface area contributed by atoms with Gasteiger partial charge >= 0.3 is 77.6 Å². The minimum atomic E-state index is -1.62. The Balaban J connectivity index is 1.06. The van der Waals surface area contributed by atoms with Crippen LogP contribution in [0.5, 0.6) is 23.0 Å². The molecule has 0 spiro atoms. The molecule has 131 heavy (non-hydrogen) atoms. The zero-order valence-electron chi connectivity index (χ0n) is 74.1. The predicted molar refractivity (Wildman–Crippen MR) is 459 cm³/mol. The molecule has 37 heteroatoms. The molecule has 0 aliphatic carbocycles. The van der Waals surface area contributed by atoms with Crippen LogP contribution >= 0.6 is 0 Å². The Morgan fingerprint density at radius 1 is 0.328 bits per heavy atom. The Morgan fingerprint density at radius 3 is 0.893 bits per heavy atom. The van der Waals surface area contributed by atoms with Crippen molar-refractivity contribution < 1.29 is 157 Å². The summed E-state index contributed by atoms with van der Waals surface area (Å²) in [5.74, 6) is -9.52. The number of para-hydroxylation sites is 1. The van der Waals surface area contributed by atoms with Crippen LogP contribution in [0.2, 0.25) is 0 Å². The van der Waals surface area contributed by atoms with Crippen molar-refractivity contribution >= 4 is 124 Å². The van der Waals surface area contributed by atoms with Gasteiger partial charge in [0.05, 0.1) is 29.4 Å². The molecule has 2 N–H and O–H groups in total. The highest BCUT2D eigenvalue weighted by Crippen LogP contribution is 2.44. The molecule has 3 saturated heterocycles. The summed E-state index contributed by atoms with van der Waals surface area (Å²) in [6.07, 6.45) is -15.2. The third-order valence-corrected chi connectivity index (χ3v) is 20.1. The molecule has 8 bridgehead atoms. The van der Waals surface area contributed by atoms with Crippen LogP contribution in [-0.4, -0.2) is 222 Å². The fraction of sp³-hybridized carbons (Fsp3) is 0.394. The van der Waals surface area contributed by atoms with Gasteiger partial charge in [-0.2, -0.15) is 0 Å². The van der Waals surface area contributed by atoms with E-state index in [-0.39, 0.29) is 36.7 Å². The quantitative estimate of drug-likeness (QED) is 0.0240. The SMILES string of the molecule is CC(=O)OC[C@H]1O[C@@H](Oc2ccc(-c3c4nc(c(-c5ccc(O[C@@H]6O[C@H](COC(C)=O)[C@@H](OC(C)=O)[C@H](OC(C)=O)[C@H]6OC(C)=O)cc5)c5ccc([nH]5)c(-c5ccccc5OCCCC(=O)OC(C)(C)C)c5nc(c(-c6ccc(O[C@@H]7O[C@H](COC(C)=O)[C@@H](OC(C)=O)[C@H](OC(C)=O)[C@H]7OC(C)=O)cc6)c6ccc3[nH]6)C=C5)C=C4)cc2)[C@H](OC(C)=O)[C@@H](OC(C)=O)[C@@H]1OC(C)=O. The van der Waals surface area contributed by atoms with Crippen molar-refractivity contribution in [2.75, 3.05) is 26.4 Å². The van der Waals surface area contributed by atoms with Gasteiger partial charge in [-0.3, -0.25) is 62.3 Å². The number of carbonyl (C=O) groups excluding carboxylic acids is 13. The summed E-state index contributed by atoms with van der Waals surface area (Å²) in [7, 11) is 0. The van der Waals surface area contributed by atoms with Crippen molar-refractivity contribution in [3.05, 3.63) is 144 Å². The van der Waals surface area contributed by atoms with Gasteiger partial charge in [0.1, 0.15) is 66.7 Å². The van der Waals surface area contributed by atoms with E-state index in [0.717, 1.165) is 83.1 Å². The topological polar surface area (TPSA) is 464 Å². The molecule has 0 amide bonds. The number of nitrogens with zero attached hydrogens (tertiary/aromatic N) is 2. The second kappa shape index (κ2) is 42.3. The van der Waals surface area contributed by atoms with E-state index in [2.05, 4.69) is 9.97 Å². The molecule has 12 rings (SSSR count). The Bertz CT molecular complexity index is 5590. The monoisotopic (exact) mass is 1810 g/mol. The van der Waals surface area contributed by atoms with Crippen LogP contribution in [0.3, 0.4) is 0 Å². The second-order valence-corrected chi connectivity index (χ2v) is 31.7. The maximum atomic E-state index is 13.0.